The lowest BCUT2D eigenvalue weighted by Crippen LogP contribution is -2.25. The molecule has 0 heterocycles. The third-order valence-corrected chi connectivity index (χ3v) is 9.00. The Labute approximate surface area is 82.7 Å². The van der Waals surface area contributed by atoms with E-state index in [0.717, 1.165) is 6.16 Å². The molecule has 3 heteroatoms. The zero-order valence-corrected chi connectivity index (χ0v) is 10.2. The number of aliphatic hydroxyl groups excluding tert-OH is 2. The maximum absolute atomic E-state index is 9.48. The molecule has 2 nitrogen and oxygen atoms in total. The predicted octanol–water partition coefficient (Wildman–Crippen LogP) is 1.81. The van der Waals surface area contributed by atoms with Gasteiger partial charge < -0.3 is 10.2 Å². The van der Waals surface area contributed by atoms with Crippen LogP contribution in [-0.2, 0) is 0 Å². The van der Waals surface area contributed by atoms with Gasteiger partial charge in [-0.2, -0.15) is 0 Å². The molecule has 1 unspecified atom stereocenters. The molecular weight excluding hydrogens is 183 g/mol. The summed E-state index contributed by atoms with van der Waals surface area (Å²) < 4.78 is 0. The van der Waals surface area contributed by atoms with Crippen LogP contribution < -0.4 is 0 Å². The fourth-order valence-electron chi connectivity index (χ4n) is 1.90. The molecule has 0 aromatic heterocycles. The molecule has 0 saturated heterocycles. The first-order valence-corrected chi connectivity index (χ1v) is 7.58. The highest BCUT2D eigenvalue weighted by Gasteiger charge is 2.38. The summed E-state index contributed by atoms with van der Waals surface area (Å²) in [6.45, 7) is 8.81. The van der Waals surface area contributed by atoms with E-state index in [4.69, 9.17) is 5.11 Å². The van der Waals surface area contributed by atoms with Gasteiger partial charge in [0.25, 0.3) is 0 Å². The summed E-state index contributed by atoms with van der Waals surface area (Å²) in [5.74, 6) is 0. The van der Waals surface area contributed by atoms with Gasteiger partial charge in [0.2, 0.25) is 0 Å². The van der Waals surface area contributed by atoms with Gasteiger partial charge in [0, 0.05) is 7.26 Å². The highest BCUT2D eigenvalue weighted by Crippen LogP contribution is 2.62. The molecule has 0 aliphatic heterocycles. The Morgan fingerprint density at radius 3 is 1.85 bits per heavy atom. The first-order chi connectivity index (χ1) is 6.02. The summed E-state index contributed by atoms with van der Waals surface area (Å²) in [5, 5.41) is 18.3. The van der Waals surface area contributed by atoms with E-state index in [1.165, 1.54) is 12.3 Å². The van der Waals surface area contributed by atoms with Crippen molar-refractivity contribution in [2.45, 2.75) is 39.5 Å². The Morgan fingerprint density at radius 1 is 1.15 bits per heavy atom. The van der Waals surface area contributed by atoms with E-state index in [0.29, 0.717) is 5.66 Å². The lowest BCUT2D eigenvalue weighted by molar-refractivity contribution is 0.112. The van der Waals surface area contributed by atoms with E-state index >= 15 is 0 Å². The summed E-state index contributed by atoms with van der Waals surface area (Å²) in [4.78, 5) is 0. The van der Waals surface area contributed by atoms with E-state index in [1.807, 2.05) is 0 Å². The van der Waals surface area contributed by atoms with Crippen LogP contribution in [0.4, 0.5) is 0 Å². The van der Waals surface area contributed by atoms with E-state index in [2.05, 4.69) is 27.7 Å². The van der Waals surface area contributed by atoms with Crippen molar-refractivity contribution in [1.29, 1.82) is 0 Å². The van der Waals surface area contributed by atoms with E-state index in [9.17, 15) is 5.11 Å². The molecule has 0 aromatic rings. The average Bonchev–Trinajstić information content (AvgIpc) is 2.13. The third-order valence-electron chi connectivity index (χ3n) is 3.14. The monoisotopic (exact) mass is 207 g/mol. The lowest BCUT2D eigenvalue weighted by atomic mass is 10.4. The van der Waals surface area contributed by atoms with Gasteiger partial charge in [-0.3, -0.25) is 0 Å². The summed E-state index contributed by atoms with van der Waals surface area (Å²) in [5.41, 5.74) is 0.670. The molecule has 0 saturated carbocycles. The highest BCUT2D eigenvalue weighted by atomic mass is 31.2. The molecule has 2 N–H and O–H groups in total. The fourth-order valence-corrected chi connectivity index (χ4v) is 5.70. The standard InChI is InChI=1S/C10H24O2P/c1-5-13(6-2,9(3)4)8-10(12)7-11/h9-12H,5-8H2,1-4H3/q+1. The number of aliphatic hydroxyl groups is 2. The Bertz CT molecular complexity index is 133. The second-order valence-electron chi connectivity index (χ2n) is 3.96. The van der Waals surface area contributed by atoms with Crippen molar-refractivity contribution in [3.8, 4) is 0 Å². The topological polar surface area (TPSA) is 40.5 Å². The smallest absolute Gasteiger partial charge is 0.110 e. The normalized spacial score (nSPS) is 15.0. The molecule has 0 amide bonds. The minimum atomic E-state index is -1.01. The fraction of sp³-hybridized carbons (Fsp3) is 1.00. The Morgan fingerprint density at radius 2 is 1.62 bits per heavy atom. The zero-order chi connectivity index (χ0) is 10.5. The Kier molecular flexibility index (Phi) is 6.11. The summed E-state index contributed by atoms with van der Waals surface area (Å²) in [7, 11) is -1.01. The van der Waals surface area contributed by atoms with Crippen LogP contribution in [0, 0.1) is 0 Å². The Hall–Kier alpha value is 0.350. The number of hydrogen-bond acceptors (Lipinski definition) is 2. The van der Waals surface area contributed by atoms with Crippen molar-refractivity contribution in [3.63, 3.8) is 0 Å². The molecule has 0 aliphatic carbocycles. The van der Waals surface area contributed by atoms with Gasteiger partial charge in [-0.1, -0.05) is 0 Å². The van der Waals surface area contributed by atoms with Crippen LogP contribution in [0.1, 0.15) is 27.7 Å². The molecule has 0 rings (SSSR count). The first-order valence-electron chi connectivity index (χ1n) is 5.17. The quantitative estimate of drug-likeness (QED) is 0.652. The van der Waals surface area contributed by atoms with Crippen LogP contribution >= 0.6 is 7.26 Å². The number of rotatable bonds is 6. The Balaban J connectivity index is 4.38. The second kappa shape index (κ2) is 5.95. The van der Waals surface area contributed by atoms with Crippen LogP contribution in [0.5, 0.6) is 0 Å². The lowest BCUT2D eigenvalue weighted by Gasteiger charge is -2.30. The van der Waals surface area contributed by atoms with Crippen molar-refractivity contribution in [2.75, 3.05) is 25.1 Å². The molecule has 0 fully saturated rings. The SMILES string of the molecule is CC[P+](CC)(CC(O)CO)C(C)C. The van der Waals surface area contributed by atoms with Gasteiger partial charge in [0.15, 0.2) is 0 Å². The van der Waals surface area contributed by atoms with Crippen LogP contribution in [0.25, 0.3) is 0 Å². The van der Waals surface area contributed by atoms with Crippen LogP contribution in [0.3, 0.4) is 0 Å². The molecule has 0 aromatic carbocycles. The average molecular weight is 207 g/mol. The van der Waals surface area contributed by atoms with Gasteiger partial charge in [0.1, 0.15) is 6.10 Å². The summed E-state index contributed by atoms with van der Waals surface area (Å²) in [6, 6.07) is 0. The van der Waals surface area contributed by atoms with E-state index in [1.54, 1.807) is 0 Å². The van der Waals surface area contributed by atoms with E-state index in [-0.39, 0.29) is 6.61 Å². The zero-order valence-electron chi connectivity index (χ0n) is 9.32. The van der Waals surface area contributed by atoms with Crippen molar-refractivity contribution >= 4 is 7.26 Å². The van der Waals surface area contributed by atoms with Crippen molar-refractivity contribution in [2.24, 2.45) is 0 Å². The van der Waals surface area contributed by atoms with E-state index < -0.39 is 13.4 Å². The minimum Gasteiger partial charge on any atom is -0.394 e. The molecule has 0 spiro atoms. The molecule has 0 radical (unpaired) electrons. The second-order valence-corrected chi connectivity index (χ2v) is 9.06. The molecule has 13 heavy (non-hydrogen) atoms. The van der Waals surface area contributed by atoms with Gasteiger partial charge in [-0.05, 0) is 27.7 Å². The largest absolute Gasteiger partial charge is 0.394 e. The van der Waals surface area contributed by atoms with Crippen molar-refractivity contribution in [1.82, 2.24) is 0 Å². The molecule has 80 valence electrons. The molecular formula is C10H24O2P+. The van der Waals surface area contributed by atoms with Crippen LogP contribution in [0.15, 0.2) is 0 Å². The highest BCUT2D eigenvalue weighted by molar-refractivity contribution is 7.76. The van der Waals surface area contributed by atoms with Crippen LogP contribution in [0.2, 0.25) is 0 Å². The van der Waals surface area contributed by atoms with Crippen molar-refractivity contribution in [3.05, 3.63) is 0 Å². The van der Waals surface area contributed by atoms with Crippen LogP contribution in [-0.4, -0.2) is 47.1 Å². The molecule has 0 bridgehead atoms. The summed E-state index contributed by atoms with van der Waals surface area (Å²) in [6.07, 6.45) is 2.68. The molecule has 0 aliphatic rings. The maximum atomic E-state index is 9.48. The first kappa shape index (κ1) is 13.4. The van der Waals surface area contributed by atoms with Gasteiger partial charge in [-0.25, -0.2) is 0 Å². The van der Waals surface area contributed by atoms with Crippen molar-refractivity contribution < 1.29 is 10.2 Å². The number of hydrogen-bond donors (Lipinski definition) is 2. The molecule has 1 atom stereocenters. The van der Waals surface area contributed by atoms with Gasteiger partial charge in [-0.15, -0.1) is 0 Å². The summed E-state index contributed by atoms with van der Waals surface area (Å²) >= 11 is 0. The van der Waals surface area contributed by atoms with Gasteiger partial charge >= 0.3 is 0 Å². The predicted molar refractivity (Wildman–Crippen MR) is 61.1 cm³/mol. The maximum Gasteiger partial charge on any atom is 0.110 e. The third kappa shape index (κ3) is 3.53. The van der Waals surface area contributed by atoms with Gasteiger partial charge in [0.05, 0.1) is 30.8 Å². The minimum absolute atomic E-state index is 0.0888.